The largest absolute Gasteiger partial charge is 0.497 e. The van der Waals surface area contributed by atoms with Gasteiger partial charge in [0, 0.05) is 16.8 Å². The van der Waals surface area contributed by atoms with Crippen LogP contribution in [0.3, 0.4) is 0 Å². The minimum Gasteiger partial charge on any atom is -0.497 e. The first kappa shape index (κ1) is 19.6. The predicted molar refractivity (Wildman–Crippen MR) is 109 cm³/mol. The number of carbonyl (C=O) groups is 3. The SMILES string of the molecule is COc1cccc(C(=O)Nc2ccc(C(=O)Nc3ccccc3C(=O)O)cc2)c1. The number of carbonyl (C=O) groups excluding carboxylic acids is 2. The lowest BCUT2D eigenvalue weighted by Crippen LogP contribution is -2.15. The van der Waals surface area contributed by atoms with E-state index in [0.29, 0.717) is 22.6 Å². The Morgan fingerprint density at radius 2 is 1.48 bits per heavy atom. The summed E-state index contributed by atoms with van der Waals surface area (Å²) in [4.78, 5) is 36.0. The van der Waals surface area contributed by atoms with Gasteiger partial charge in [0.15, 0.2) is 0 Å². The van der Waals surface area contributed by atoms with Crippen molar-refractivity contribution in [1.82, 2.24) is 0 Å². The van der Waals surface area contributed by atoms with Crippen LogP contribution < -0.4 is 15.4 Å². The number of benzene rings is 3. The minimum absolute atomic E-state index is 0.00280. The van der Waals surface area contributed by atoms with Crippen molar-refractivity contribution in [2.75, 3.05) is 17.7 Å². The Kier molecular flexibility index (Phi) is 5.89. The topological polar surface area (TPSA) is 105 Å². The van der Waals surface area contributed by atoms with E-state index in [1.807, 2.05) is 0 Å². The molecule has 0 saturated heterocycles. The molecule has 3 rings (SSSR count). The number of hydrogen-bond donors (Lipinski definition) is 3. The van der Waals surface area contributed by atoms with E-state index >= 15 is 0 Å². The lowest BCUT2D eigenvalue weighted by Gasteiger charge is -2.10. The molecule has 0 atom stereocenters. The van der Waals surface area contributed by atoms with Gasteiger partial charge in [0.1, 0.15) is 5.75 Å². The van der Waals surface area contributed by atoms with Gasteiger partial charge in [-0.15, -0.1) is 0 Å². The van der Waals surface area contributed by atoms with E-state index in [4.69, 9.17) is 4.74 Å². The first-order valence-corrected chi connectivity index (χ1v) is 8.67. The molecule has 0 radical (unpaired) electrons. The van der Waals surface area contributed by atoms with Gasteiger partial charge in [-0.05, 0) is 54.6 Å². The Bertz CT molecular complexity index is 1060. The fraction of sp³-hybridized carbons (Fsp3) is 0.0455. The van der Waals surface area contributed by atoms with Crippen LogP contribution >= 0.6 is 0 Å². The smallest absolute Gasteiger partial charge is 0.337 e. The number of carboxylic acid groups (broad SMARTS) is 1. The third-order valence-electron chi connectivity index (χ3n) is 4.14. The van der Waals surface area contributed by atoms with Crippen LogP contribution in [-0.4, -0.2) is 30.0 Å². The number of carboxylic acids is 1. The molecule has 0 aromatic heterocycles. The third kappa shape index (κ3) is 4.78. The summed E-state index contributed by atoms with van der Waals surface area (Å²) in [6, 6.07) is 19.2. The van der Waals surface area contributed by atoms with Gasteiger partial charge in [0.25, 0.3) is 11.8 Å². The maximum atomic E-state index is 12.4. The molecule has 3 aromatic rings. The summed E-state index contributed by atoms with van der Waals surface area (Å²) in [5.41, 5.74) is 1.49. The van der Waals surface area contributed by atoms with Crippen molar-refractivity contribution in [3.8, 4) is 5.75 Å². The van der Waals surface area contributed by atoms with Crippen molar-refractivity contribution in [1.29, 1.82) is 0 Å². The fourth-order valence-electron chi connectivity index (χ4n) is 2.65. The first-order chi connectivity index (χ1) is 14.0. The zero-order valence-electron chi connectivity index (χ0n) is 15.5. The predicted octanol–water partition coefficient (Wildman–Crippen LogP) is 3.90. The van der Waals surface area contributed by atoms with E-state index in [-0.39, 0.29) is 17.2 Å². The number of hydrogen-bond acceptors (Lipinski definition) is 4. The van der Waals surface area contributed by atoms with E-state index in [2.05, 4.69) is 10.6 Å². The number of methoxy groups -OCH3 is 1. The Labute approximate surface area is 166 Å². The lowest BCUT2D eigenvalue weighted by atomic mass is 10.1. The molecule has 0 saturated carbocycles. The highest BCUT2D eigenvalue weighted by molar-refractivity contribution is 6.08. The monoisotopic (exact) mass is 390 g/mol. The van der Waals surface area contributed by atoms with Crippen molar-refractivity contribution in [3.63, 3.8) is 0 Å². The van der Waals surface area contributed by atoms with Crippen molar-refractivity contribution < 1.29 is 24.2 Å². The second-order valence-corrected chi connectivity index (χ2v) is 6.07. The minimum atomic E-state index is -1.13. The lowest BCUT2D eigenvalue weighted by molar-refractivity contribution is 0.0697. The number of nitrogens with one attached hydrogen (secondary N) is 2. The van der Waals surface area contributed by atoms with Crippen LogP contribution in [0.1, 0.15) is 31.1 Å². The second-order valence-electron chi connectivity index (χ2n) is 6.07. The summed E-state index contributed by atoms with van der Waals surface area (Å²) < 4.78 is 5.11. The molecule has 29 heavy (non-hydrogen) atoms. The highest BCUT2D eigenvalue weighted by Crippen LogP contribution is 2.18. The Morgan fingerprint density at radius 1 is 0.793 bits per heavy atom. The summed E-state index contributed by atoms with van der Waals surface area (Å²) in [7, 11) is 1.52. The number of para-hydroxylation sites is 1. The standard InChI is InChI=1S/C22H18N2O5/c1-29-17-6-4-5-15(13-17)21(26)23-16-11-9-14(10-12-16)20(25)24-19-8-3-2-7-18(19)22(27)28/h2-13H,1H3,(H,23,26)(H,24,25)(H,27,28). The number of amides is 2. The van der Waals surface area contributed by atoms with Gasteiger partial charge in [-0.2, -0.15) is 0 Å². The molecule has 3 N–H and O–H groups in total. The number of rotatable bonds is 6. The van der Waals surface area contributed by atoms with Crippen molar-refractivity contribution >= 4 is 29.2 Å². The quantitative estimate of drug-likeness (QED) is 0.592. The van der Waals surface area contributed by atoms with Gasteiger partial charge in [0.05, 0.1) is 18.4 Å². The van der Waals surface area contributed by atoms with Gasteiger partial charge >= 0.3 is 5.97 Å². The van der Waals surface area contributed by atoms with E-state index in [1.54, 1.807) is 60.7 Å². The van der Waals surface area contributed by atoms with Crippen molar-refractivity contribution in [2.24, 2.45) is 0 Å². The molecule has 7 heteroatoms. The van der Waals surface area contributed by atoms with E-state index < -0.39 is 11.9 Å². The van der Waals surface area contributed by atoms with Crippen LogP contribution in [0.15, 0.2) is 72.8 Å². The van der Waals surface area contributed by atoms with Gasteiger partial charge in [0.2, 0.25) is 0 Å². The zero-order valence-corrected chi connectivity index (χ0v) is 15.5. The van der Waals surface area contributed by atoms with Gasteiger partial charge in [-0.1, -0.05) is 18.2 Å². The molecule has 146 valence electrons. The Hall–Kier alpha value is -4.13. The van der Waals surface area contributed by atoms with E-state index in [1.165, 1.54) is 19.2 Å². The van der Waals surface area contributed by atoms with Crippen LogP contribution in [0.4, 0.5) is 11.4 Å². The van der Waals surface area contributed by atoms with E-state index in [0.717, 1.165) is 0 Å². The molecule has 2 amide bonds. The van der Waals surface area contributed by atoms with Crippen molar-refractivity contribution in [2.45, 2.75) is 0 Å². The maximum absolute atomic E-state index is 12.4. The van der Waals surface area contributed by atoms with Crippen LogP contribution in [0.25, 0.3) is 0 Å². The number of ether oxygens (including phenoxy) is 1. The Morgan fingerprint density at radius 3 is 2.17 bits per heavy atom. The van der Waals surface area contributed by atoms with Gasteiger partial charge in [-0.3, -0.25) is 9.59 Å². The third-order valence-corrected chi connectivity index (χ3v) is 4.14. The molecule has 0 heterocycles. The van der Waals surface area contributed by atoms with Crippen molar-refractivity contribution in [3.05, 3.63) is 89.5 Å². The van der Waals surface area contributed by atoms with Crippen LogP contribution in [0, 0.1) is 0 Å². The Balaban J connectivity index is 1.69. The molecular formula is C22H18N2O5. The molecule has 0 bridgehead atoms. The van der Waals surface area contributed by atoms with Gasteiger partial charge in [-0.25, -0.2) is 4.79 Å². The fourth-order valence-corrected chi connectivity index (χ4v) is 2.65. The average molecular weight is 390 g/mol. The molecule has 0 fully saturated rings. The van der Waals surface area contributed by atoms with Gasteiger partial charge < -0.3 is 20.5 Å². The summed E-state index contributed by atoms with van der Waals surface area (Å²) in [5, 5.41) is 14.5. The van der Waals surface area contributed by atoms with Crippen LogP contribution in [-0.2, 0) is 0 Å². The first-order valence-electron chi connectivity index (χ1n) is 8.67. The molecule has 0 aliphatic heterocycles. The molecule has 0 unspecified atom stereocenters. The molecule has 0 aliphatic rings. The second kappa shape index (κ2) is 8.71. The van der Waals surface area contributed by atoms with E-state index in [9.17, 15) is 19.5 Å². The summed E-state index contributed by atoms with van der Waals surface area (Å²) in [6.07, 6.45) is 0. The highest BCUT2D eigenvalue weighted by atomic mass is 16.5. The normalized spacial score (nSPS) is 10.1. The van der Waals surface area contributed by atoms with Crippen LogP contribution in [0.5, 0.6) is 5.75 Å². The molecule has 7 nitrogen and oxygen atoms in total. The zero-order chi connectivity index (χ0) is 20.8. The highest BCUT2D eigenvalue weighted by Gasteiger charge is 2.13. The maximum Gasteiger partial charge on any atom is 0.337 e. The molecular weight excluding hydrogens is 372 g/mol. The molecule has 3 aromatic carbocycles. The number of aromatic carboxylic acids is 1. The molecule has 0 aliphatic carbocycles. The summed E-state index contributed by atoms with van der Waals surface area (Å²) >= 11 is 0. The summed E-state index contributed by atoms with van der Waals surface area (Å²) in [5.74, 6) is -1.32. The number of anilines is 2. The molecule has 0 spiro atoms. The van der Waals surface area contributed by atoms with Crippen LogP contribution in [0.2, 0.25) is 0 Å². The average Bonchev–Trinajstić information content (AvgIpc) is 2.74. The summed E-state index contributed by atoms with van der Waals surface area (Å²) in [6.45, 7) is 0.